The molecule has 0 atom stereocenters. The molecule has 0 amide bonds. The van der Waals surface area contributed by atoms with Gasteiger partial charge >= 0.3 is 0 Å². The Hall–Kier alpha value is -0.830. The molecule has 0 saturated carbocycles. The van der Waals surface area contributed by atoms with E-state index in [1.807, 2.05) is 18.2 Å². The number of H-pyrrole nitrogens is 1. The van der Waals surface area contributed by atoms with Crippen LogP contribution in [0.15, 0.2) is 28.7 Å². The molecule has 0 saturated heterocycles. The first-order valence-electron chi connectivity index (χ1n) is 3.19. The Morgan fingerprint density at radius 2 is 2.09 bits per heavy atom. The smallest absolute Gasteiger partial charge is 0.192 e. The van der Waals surface area contributed by atoms with E-state index < -0.39 is 0 Å². The Morgan fingerprint density at radius 3 is 2.91 bits per heavy atom. The Kier molecular flexibility index (Phi) is 1.46. The van der Waals surface area contributed by atoms with E-state index in [1.54, 1.807) is 0 Å². The number of hydrogen-bond donors (Lipinski definition) is 1. The van der Waals surface area contributed by atoms with Gasteiger partial charge in [0.1, 0.15) is 0 Å². The molecule has 1 heterocycles. The molecule has 2 aromatic rings. The summed E-state index contributed by atoms with van der Waals surface area (Å²) >= 11 is 3.31. The zero-order chi connectivity index (χ0) is 7.84. The molecule has 0 aliphatic rings. The van der Waals surface area contributed by atoms with Crippen molar-refractivity contribution in [1.82, 2.24) is 4.98 Å². The zero-order valence-electron chi connectivity index (χ0n) is 5.57. The third-order valence-corrected chi connectivity index (χ3v) is 2.04. The van der Waals surface area contributed by atoms with E-state index in [0.717, 1.165) is 15.4 Å². The van der Waals surface area contributed by atoms with Crippen molar-refractivity contribution >= 4 is 26.8 Å². The van der Waals surface area contributed by atoms with Gasteiger partial charge in [-0.15, -0.1) is 0 Å². The third kappa shape index (κ3) is 1.16. The Balaban J connectivity index is 2.82. The fourth-order valence-electron chi connectivity index (χ4n) is 1.07. The highest BCUT2D eigenvalue weighted by molar-refractivity contribution is 9.10. The summed E-state index contributed by atoms with van der Waals surface area (Å²) in [5, 5.41) is 0.886. The Labute approximate surface area is 71.4 Å². The summed E-state index contributed by atoms with van der Waals surface area (Å²) in [4.78, 5) is 2.60. The number of benzene rings is 1. The highest BCUT2D eigenvalue weighted by Crippen LogP contribution is 2.19. The number of aromatic amines is 1. The maximum absolute atomic E-state index is 12.6. The number of nitrogens with one attached hydrogen (secondary N) is 1. The van der Waals surface area contributed by atoms with Gasteiger partial charge in [-0.05, 0) is 18.2 Å². The minimum Gasteiger partial charge on any atom is -0.331 e. The van der Waals surface area contributed by atoms with Crippen molar-refractivity contribution in [2.45, 2.75) is 0 Å². The summed E-state index contributed by atoms with van der Waals surface area (Å²) in [5.41, 5.74) is 0.825. The number of fused-ring (bicyclic) bond motifs is 1. The number of rotatable bonds is 0. The van der Waals surface area contributed by atoms with Crippen LogP contribution in [0.2, 0.25) is 0 Å². The molecule has 2 rings (SSSR count). The van der Waals surface area contributed by atoms with Crippen molar-refractivity contribution in [3.63, 3.8) is 0 Å². The second-order valence-corrected chi connectivity index (χ2v) is 3.26. The largest absolute Gasteiger partial charge is 0.331 e. The predicted molar refractivity (Wildman–Crippen MR) is 46.0 cm³/mol. The predicted octanol–water partition coefficient (Wildman–Crippen LogP) is 3.07. The Bertz CT molecular complexity index is 394. The van der Waals surface area contributed by atoms with E-state index in [2.05, 4.69) is 20.9 Å². The van der Waals surface area contributed by atoms with Crippen molar-refractivity contribution < 1.29 is 4.39 Å². The van der Waals surface area contributed by atoms with Crippen LogP contribution in [0.25, 0.3) is 10.9 Å². The van der Waals surface area contributed by atoms with Crippen molar-refractivity contribution in [2.24, 2.45) is 0 Å². The quantitative estimate of drug-likeness (QED) is 0.693. The standard InChI is InChI=1S/C8H5BrFN/c9-6-1-2-7-5(3-6)4-8(10)11-7/h1-4,11H. The van der Waals surface area contributed by atoms with Gasteiger partial charge in [0, 0.05) is 21.4 Å². The van der Waals surface area contributed by atoms with Gasteiger partial charge < -0.3 is 4.98 Å². The van der Waals surface area contributed by atoms with E-state index in [-0.39, 0.29) is 5.95 Å². The second-order valence-electron chi connectivity index (χ2n) is 2.35. The summed E-state index contributed by atoms with van der Waals surface area (Å²) in [6.07, 6.45) is 0. The van der Waals surface area contributed by atoms with Gasteiger partial charge in [-0.25, -0.2) is 0 Å². The van der Waals surface area contributed by atoms with Crippen LogP contribution in [0.4, 0.5) is 4.39 Å². The lowest BCUT2D eigenvalue weighted by Gasteiger charge is -1.88. The molecule has 0 aliphatic carbocycles. The fourth-order valence-corrected chi connectivity index (χ4v) is 1.45. The van der Waals surface area contributed by atoms with Crippen LogP contribution < -0.4 is 0 Å². The van der Waals surface area contributed by atoms with E-state index in [4.69, 9.17) is 0 Å². The maximum atomic E-state index is 12.6. The molecule has 56 valence electrons. The van der Waals surface area contributed by atoms with Crippen molar-refractivity contribution in [1.29, 1.82) is 0 Å². The van der Waals surface area contributed by atoms with Gasteiger partial charge in [-0.1, -0.05) is 15.9 Å². The lowest BCUT2D eigenvalue weighted by Crippen LogP contribution is -1.67. The molecule has 1 nitrogen and oxygen atoms in total. The van der Waals surface area contributed by atoms with Gasteiger partial charge in [0.25, 0.3) is 0 Å². The highest BCUT2D eigenvalue weighted by Gasteiger charge is 1.98. The van der Waals surface area contributed by atoms with Crippen LogP contribution in [-0.4, -0.2) is 4.98 Å². The molecule has 1 aromatic carbocycles. The summed E-state index contributed by atoms with van der Waals surface area (Å²) in [6, 6.07) is 7.05. The van der Waals surface area contributed by atoms with Crippen LogP contribution >= 0.6 is 15.9 Å². The van der Waals surface area contributed by atoms with Crippen molar-refractivity contribution in [3.8, 4) is 0 Å². The molecular weight excluding hydrogens is 209 g/mol. The van der Waals surface area contributed by atoms with Crippen LogP contribution in [0.1, 0.15) is 0 Å². The van der Waals surface area contributed by atoms with Crippen molar-refractivity contribution in [3.05, 3.63) is 34.7 Å². The summed E-state index contributed by atoms with van der Waals surface area (Å²) in [6.45, 7) is 0. The average Bonchev–Trinajstić information content (AvgIpc) is 2.27. The topological polar surface area (TPSA) is 15.8 Å². The normalized spacial score (nSPS) is 10.7. The van der Waals surface area contributed by atoms with Gasteiger partial charge in [0.05, 0.1) is 0 Å². The monoisotopic (exact) mass is 213 g/mol. The molecule has 11 heavy (non-hydrogen) atoms. The summed E-state index contributed by atoms with van der Waals surface area (Å²) in [7, 11) is 0. The molecule has 3 heteroatoms. The molecule has 0 radical (unpaired) electrons. The van der Waals surface area contributed by atoms with Gasteiger partial charge in [0.15, 0.2) is 5.95 Å². The number of hydrogen-bond acceptors (Lipinski definition) is 0. The van der Waals surface area contributed by atoms with E-state index >= 15 is 0 Å². The average molecular weight is 214 g/mol. The fraction of sp³-hybridized carbons (Fsp3) is 0. The first kappa shape index (κ1) is 6.85. The first-order valence-corrected chi connectivity index (χ1v) is 3.99. The Morgan fingerprint density at radius 1 is 1.27 bits per heavy atom. The van der Waals surface area contributed by atoms with E-state index in [1.165, 1.54) is 6.07 Å². The minimum absolute atomic E-state index is 0.293. The van der Waals surface area contributed by atoms with E-state index in [0.29, 0.717) is 0 Å². The molecule has 0 aliphatic heterocycles. The van der Waals surface area contributed by atoms with Gasteiger partial charge in [-0.2, -0.15) is 4.39 Å². The van der Waals surface area contributed by atoms with Gasteiger partial charge in [-0.3, -0.25) is 0 Å². The van der Waals surface area contributed by atoms with Crippen molar-refractivity contribution in [2.75, 3.05) is 0 Å². The second kappa shape index (κ2) is 2.34. The molecule has 0 bridgehead atoms. The van der Waals surface area contributed by atoms with Crippen LogP contribution in [0.5, 0.6) is 0 Å². The molecule has 1 N–H and O–H groups in total. The van der Waals surface area contributed by atoms with E-state index in [9.17, 15) is 4.39 Å². The van der Waals surface area contributed by atoms with Gasteiger partial charge in [0.2, 0.25) is 0 Å². The molecule has 0 fully saturated rings. The maximum Gasteiger partial charge on any atom is 0.192 e. The zero-order valence-corrected chi connectivity index (χ0v) is 7.15. The summed E-state index contributed by atoms with van der Waals surface area (Å²) < 4.78 is 13.5. The SMILES string of the molecule is Fc1cc2cc(Br)ccc2[nH]1. The van der Waals surface area contributed by atoms with Crippen LogP contribution in [0, 0.1) is 5.95 Å². The molecule has 0 unspecified atom stereocenters. The lowest BCUT2D eigenvalue weighted by atomic mass is 10.3. The highest BCUT2D eigenvalue weighted by atomic mass is 79.9. The number of aromatic nitrogens is 1. The minimum atomic E-state index is -0.293. The number of halogens is 2. The third-order valence-electron chi connectivity index (χ3n) is 1.55. The van der Waals surface area contributed by atoms with Crippen LogP contribution in [0.3, 0.4) is 0 Å². The summed E-state index contributed by atoms with van der Waals surface area (Å²) in [5.74, 6) is -0.293. The lowest BCUT2D eigenvalue weighted by molar-refractivity contribution is 0.595. The molecule has 1 aromatic heterocycles. The molecular formula is C8H5BrFN. The first-order chi connectivity index (χ1) is 5.25. The van der Waals surface area contributed by atoms with Crippen LogP contribution in [-0.2, 0) is 0 Å². The molecule has 0 spiro atoms.